The summed E-state index contributed by atoms with van der Waals surface area (Å²) in [4.78, 5) is 37.7. The lowest BCUT2D eigenvalue weighted by Crippen LogP contribution is -2.50. The fraction of sp³-hybridized carbons (Fsp3) is 0.531. The molecule has 0 bridgehead atoms. The molecule has 1 aliphatic carbocycles. The Labute approximate surface area is 258 Å². The van der Waals surface area contributed by atoms with Gasteiger partial charge >= 0.3 is 11.9 Å². The number of benzene rings is 2. The highest BCUT2D eigenvalue weighted by molar-refractivity contribution is 6.31. The van der Waals surface area contributed by atoms with E-state index in [4.69, 9.17) is 26.2 Å². The van der Waals surface area contributed by atoms with Crippen molar-refractivity contribution in [3.8, 4) is 0 Å². The van der Waals surface area contributed by atoms with Crippen LogP contribution >= 0.6 is 11.6 Å². The van der Waals surface area contributed by atoms with Crippen molar-refractivity contribution in [3.05, 3.63) is 58.1 Å². The van der Waals surface area contributed by atoms with Gasteiger partial charge < -0.3 is 35.2 Å². The van der Waals surface area contributed by atoms with E-state index in [1.165, 1.54) is 22.4 Å². The predicted molar refractivity (Wildman–Crippen MR) is 167 cm³/mol. The molecule has 43 heavy (non-hydrogen) atoms. The Hall–Kier alpha value is -3.34. The predicted octanol–water partition coefficient (Wildman–Crippen LogP) is 5.01. The molecule has 0 radical (unpaired) electrons. The Kier molecular flexibility index (Phi) is 14.1. The fourth-order valence-electron chi connectivity index (χ4n) is 5.00. The number of hydrogen-bond acceptors (Lipinski definition) is 7. The van der Waals surface area contributed by atoms with E-state index in [-0.39, 0.29) is 6.61 Å². The van der Waals surface area contributed by atoms with E-state index < -0.39 is 36.7 Å². The van der Waals surface area contributed by atoms with Gasteiger partial charge in [-0.05, 0) is 99.2 Å². The molecule has 0 saturated carbocycles. The summed E-state index contributed by atoms with van der Waals surface area (Å²) in [5.41, 5.74) is 5.84. The molecule has 10 nitrogen and oxygen atoms in total. The molecule has 4 N–H and O–H groups in total. The number of ether oxygens (including phenoxy) is 2. The lowest BCUT2D eigenvalue weighted by Gasteiger charge is -2.27. The molecule has 1 aliphatic rings. The van der Waals surface area contributed by atoms with E-state index >= 15 is 0 Å². The van der Waals surface area contributed by atoms with Crippen LogP contribution in [0.25, 0.3) is 0 Å². The lowest BCUT2D eigenvalue weighted by molar-refractivity contribution is -0.175. The minimum atomic E-state index is -1.74. The van der Waals surface area contributed by atoms with E-state index in [0.717, 1.165) is 55.6 Å². The number of anilines is 2. The number of unbranched alkanes of at least 4 members (excludes halogenated alkanes) is 3. The van der Waals surface area contributed by atoms with Crippen molar-refractivity contribution in [2.75, 3.05) is 50.5 Å². The van der Waals surface area contributed by atoms with Gasteiger partial charge in [0.15, 0.2) is 12.2 Å². The van der Waals surface area contributed by atoms with Crippen molar-refractivity contribution in [3.63, 3.8) is 0 Å². The van der Waals surface area contributed by atoms with Crippen LogP contribution in [0, 0.1) is 6.92 Å². The number of fused-ring (bicyclic) bond motifs is 1. The van der Waals surface area contributed by atoms with Crippen LogP contribution in [0.1, 0.15) is 55.2 Å². The van der Waals surface area contributed by atoms with Crippen molar-refractivity contribution < 1.29 is 34.1 Å². The number of aliphatic carboxylic acids is 2. The number of carboxylic acids is 2. The fourth-order valence-corrected chi connectivity index (χ4v) is 5.18. The van der Waals surface area contributed by atoms with E-state index in [1.807, 2.05) is 25.1 Å². The maximum absolute atomic E-state index is 13.3. The van der Waals surface area contributed by atoms with Crippen LogP contribution in [0.2, 0.25) is 5.02 Å². The SMILES string of the molecule is Cc1ccc(NCCCCCN(C)C(=O)C(OCCCCNc2ccc3c(c2)CCC3)C(OCC(=O)O)C(=O)O)cc1Cl. The third-order valence-corrected chi connectivity index (χ3v) is 7.90. The molecule has 0 fully saturated rings. The zero-order valence-electron chi connectivity index (χ0n) is 25.1. The second kappa shape index (κ2) is 17.7. The molecule has 0 aliphatic heterocycles. The molecule has 3 rings (SSSR count). The Bertz CT molecular complexity index is 1230. The van der Waals surface area contributed by atoms with Crippen LogP contribution in [0.15, 0.2) is 36.4 Å². The van der Waals surface area contributed by atoms with E-state index in [0.29, 0.717) is 31.0 Å². The van der Waals surface area contributed by atoms with Gasteiger partial charge in [0.2, 0.25) is 0 Å². The van der Waals surface area contributed by atoms with Crippen LogP contribution in [0.3, 0.4) is 0 Å². The van der Waals surface area contributed by atoms with Gasteiger partial charge in [-0.25, -0.2) is 9.59 Å². The average Bonchev–Trinajstić information content (AvgIpc) is 3.44. The Morgan fingerprint density at radius 2 is 1.56 bits per heavy atom. The van der Waals surface area contributed by atoms with Crippen molar-refractivity contribution in [1.29, 1.82) is 0 Å². The second-order valence-electron chi connectivity index (χ2n) is 10.9. The minimum Gasteiger partial charge on any atom is -0.480 e. The molecule has 1 amide bonds. The standard InChI is InChI=1S/C32H44ClN3O7/c1-22-11-13-26(20-27(22)33)35-15-4-3-6-17-36(2)31(39)29(30(32(40)41)43-21-28(37)38)42-18-7-5-16-34-25-14-12-23-9-8-10-24(23)19-25/h11-14,19-20,29-30,34-35H,3-10,15-18,21H2,1-2H3,(H,37,38)(H,40,41). The zero-order valence-corrected chi connectivity index (χ0v) is 25.8. The molecule has 0 spiro atoms. The van der Waals surface area contributed by atoms with Crippen LogP contribution < -0.4 is 10.6 Å². The van der Waals surface area contributed by atoms with Gasteiger partial charge in [-0.1, -0.05) is 23.7 Å². The van der Waals surface area contributed by atoms with Crippen LogP contribution in [0.5, 0.6) is 0 Å². The lowest BCUT2D eigenvalue weighted by atomic mass is 10.1. The number of carboxylic acid groups (broad SMARTS) is 2. The summed E-state index contributed by atoms with van der Waals surface area (Å²) in [7, 11) is 1.59. The van der Waals surface area contributed by atoms with Crippen LogP contribution in [-0.2, 0) is 36.7 Å². The number of carbonyl (C=O) groups is 3. The van der Waals surface area contributed by atoms with Gasteiger partial charge in [0.05, 0.1) is 0 Å². The Balaban J connectivity index is 1.44. The number of halogens is 1. The molecule has 0 aromatic heterocycles. The van der Waals surface area contributed by atoms with Gasteiger partial charge in [-0.15, -0.1) is 0 Å². The molecule has 0 heterocycles. The second-order valence-corrected chi connectivity index (χ2v) is 11.3. The number of likely N-dealkylation sites (N-methyl/N-ethyl adjacent to an activating group) is 1. The number of amides is 1. The van der Waals surface area contributed by atoms with Crippen LogP contribution in [0.4, 0.5) is 11.4 Å². The molecular weight excluding hydrogens is 574 g/mol. The molecule has 11 heteroatoms. The van der Waals surface area contributed by atoms with Crippen molar-refractivity contribution in [2.45, 2.75) is 70.5 Å². The smallest absolute Gasteiger partial charge is 0.336 e. The largest absolute Gasteiger partial charge is 0.480 e. The van der Waals surface area contributed by atoms with Crippen molar-refractivity contribution >= 4 is 40.8 Å². The van der Waals surface area contributed by atoms with Gasteiger partial charge in [-0.2, -0.15) is 0 Å². The molecule has 2 unspecified atom stereocenters. The van der Waals surface area contributed by atoms with Gasteiger partial charge in [0, 0.05) is 49.7 Å². The normalized spacial score (nSPS) is 13.7. The van der Waals surface area contributed by atoms with E-state index in [1.54, 1.807) is 7.05 Å². The minimum absolute atomic E-state index is 0.130. The summed E-state index contributed by atoms with van der Waals surface area (Å²) in [5, 5.41) is 26.2. The Morgan fingerprint density at radius 1 is 0.884 bits per heavy atom. The van der Waals surface area contributed by atoms with Crippen molar-refractivity contribution in [1.82, 2.24) is 4.90 Å². The number of carbonyl (C=O) groups excluding carboxylic acids is 1. The number of aryl methyl sites for hydroxylation is 3. The first-order chi connectivity index (χ1) is 20.7. The number of nitrogens with zero attached hydrogens (tertiary/aromatic N) is 1. The summed E-state index contributed by atoms with van der Waals surface area (Å²) in [6.45, 7) is 3.07. The van der Waals surface area contributed by atoms with Crippen molar-refractivity contribution in [2.24, 2.45) is 0 Å². The summed E-state index contributed by atoms with van der Waals surface area (Å²) in [5.74, 6) is -3.33. The summed E-state index contributed by atoms with van der Waals surface area (Å²) >= 11 is 6.17. The van der Waals surface area contributed by atoms with Gasteiger partial charge in [0.25, 0.3) is 5.91 Å². The third kappa shape index (κ3) is 11.3. The summed E-state index contributed by atoms with van der Waals surface area (Å²) in [6, 6.07) is 12.3. The molecule has 0 saturated heterocycles. The molecular formula is C32H44ClN3O7. The summed E-state index contributed by atoms with van der Waals surface area (Å²) in [6.07, 6.45) is 3.97. The van der Waals surface area contributed by atoms with Crippen LogP contribution in [-0.4, -0.2) is 85.1 Å². The highest BCUT2D eigenvalue weighted by Crippen LogP contribution is 2.25. The number of nitrogens with one attached hydrogen (secondary N) is 2. The van der Waals surface area contributed by atoms with E-state index in [2.05, 4.69) is 28.8 Å². The maximum Gasteiger partial charge on any atom is 0.336 e. The highest BCUT2D eigenvalue weighted by atomic mass is 35.5. The first-order valence-electron chi connectivity index (χ1n) is 14.9. The van der Waals surface area contributed by atoms with Gasteiger partial charge in [-0.3, -0.25) is 4.79 Å². The first-order valence-corrected chi connectivity index (χ1v) is 15.3. The van der Waals surface area contributed by atoms with E-state index in [9.17, 15) is 19.5 Å². The third-order valence-electron chi connectivity index (χ3n) is 7.49. The zero-order chi connectivity index (χ0) is 31.2. The summed E-state index contributed by atoms with van der Waals surface area (Å²) < 4.78 is 10.9. The first kappa shape index (κ1) is 34.2. The molecule has 2 aromatic carbocycles. The monoisotopic (exact) mass is 617 g/mol. The Morgan fingerprint density at radius 3 is 2.26 bits per heavy atom. The number of hydrogen-bond donors (Lipinski definition) is 4. The molecule has 236 valence electrons. The molecule has 2 aromatic rings. The quantitative estimate of drug-likeness (QED) is 0.151. The average molecular weight is 618 g/mol. The molecule has 2 atom stereocenters. The number of rotatable bonds is 20. The topological polar surface area (TPSA) is 137 Å². The maximum atomic E-state index is 13.3. The highest BCUT2D eigenvalue weighted by Gasteiger charge is 2.37. The van der Waals surface area contributed by atoms with Gasteiger partial charge in [0.1, 0.15) is 6.61 Å².